The van der Waals surface area contributed by atoms with Crippen molar-refractivity contribution in [1.82, 2.24) is 4.98 Å². The van der Waals surface area contributed by atoms with E-state index in [0.717, 1.165) is 0 Å². The Bertz CT molecular complexity index is 278. The summed E-state index contributed by atoms with van der Waals surface area (Å²) in [5.74, 6) is 4.53. The van der Waals surface area contributed by atoms with Crippen molar-refractivity contribution in [2.24, 2.45) is 5.84 Å². The van der Waals surface area contributed by atoms with E-state index in [0.29, 0.717) is 5.69 Å². The molecule has 5 heteroatoms. The Morgan fingerprint density at radius 1 is 1.46 bits per heavy atom. The van der Waals surface area contributed by atoms with Gasteiger partial charge in [-0.1, -0.05) is 25.6 Å². The van der Waals surface area contributed by atoms with Gasteiger partial charge in [0.2, 0.25) is 0 Å². The first kappa shape index (κ1) is 12.8. The molecule has 1 rings (SSSR count). The van der Waals surface area contributed by atoms with Crippen LogP contribution in [0.3, 0.4) is 0 Å². The molecule has 0 amide bonds. The molecule has 1 heterocycles. The number of pyridine rings is 1. The van der Waals surface area contributed by atoms with Gasteiger partial charge in [0.05, 0.1) is 0 Å². The van der Waals surface area contributed by atoms with Gasteiger partial charge in [-0.25, -0.2) is 4.98 Å². The van der Waals surface area contributed by atoms with E-state index in [1.807, 2.05) is 13.8 Å². The second-order valence-electron chi connectivity index (χ2n) is 2.83. The van der Waals surface area contributed by atoms with Crippen molar-refractivity contribution < 1.29 is 33.9 Å². The van der Waals surface area contributed by atoms with Crippen LogP contribution in [0.15, 0.2) is 12.1 Å². The monoisotopic (exact) mass is 191 g/mol. The zero-order valence-corrected chi connectivity index (χ0v) is 10.1. The maximum atomic E-state index is 12.9. The van der Waals surface area contributed by atoms with E-state index in [2.05, 4.69) is 10.4 Å². The van der Waals surface area contributed by atoms with Crippen LogP contribution in [0, 0.1) is 5.95 Å². The minimum Gasteiger partial charge on any atom is -0.622 e. The molecule has 0 saturated carbocycles. The van der Waals surface area contributed by atoms with Crippen molar-refractivity contribution in [3.8, 4) is 0 Å². The minimum atomic E-state index is -0.608. The molecular formula is C8H11FN3Na. The number of aromatic nitrogens is 1. The van der Waals surface area contributed by atoms with Crippen molar-refractivity contribution in [2.75, 3.05) is 0 Å². The first-order valence-corrected chi connectivity index (χ1v) is 3.72. The van der Waals surface area contributed by atoms with Crippen molar-refractivity contribution in [3.05, 3.63) is 29.2 Å². The van der Waals surface area contributed by atoms with E-state index in [1.165, 1.54) is 6.07 Å². The molecule has 13 heavy (non-hydrogen) atoms. The standard InChI is InChI=1S/C8H11FN3.Na/c1-5(2)6-3-4-7(12-10)8(9)11-6;/h3-5H,10H2,1-2H3;/q-1;+1. The van der Waals surface area contributed by atoms with Gasteiger partial charge in [-0.3, -0.25) is 0 Å². The Balaban J connectivity index is 0.00000144. The van der Waals surface area contributed by atoms with Gasteiger partial charge in [-0.15, -0.1) is 0 Å². The normalized spacial score (nSPS) is 9.62. The quantitative estimate of drug-likeness (QED) is 0.289. The van der Waals surface area contributed by atoms with Crippen molar-refractivity contribution in [1.29, 1.82) is 0 Å². The molecule has 0 saturated heterocycles. The van der Waals surface area contributed by atoms with Crippen LogP contribution in [0.2, 0.25) is 0 Å². The molecule has 2 N–H and O–H groups in total. The first-order chi connectivity index (χ1) is 5.65. The molecule has 3 nitrogen and oxygen atoms in total. The largest absolute Gasteiger partial charge is 1.00 e. The smallest absolute Gasteiger partial charge is 0.622 e. The zero-order chi connectivity index (χ0) is 9.14. The fourth-order valence-corrected chi connectivity index (χ4v) is 0.859. The molecule has 0 aliphatic heterocycles. The van der Waals surface area contributed by atoms with Crippen LogP contribution < -0.4 is 35.4 Å². The number of hydrogen-bond acceptors (Lipinski definition) is 2. The summed E-state index contributed by atoms with van der Waals surface area (Å²) in [7, 11) is 0. The van der Waals surface area contributed by atoms with Gasteiger partial charge in [0.1, 0.15) is 0 Å². The molecule has 0 atom stereocenters. The summed E-state index contributed by atoms with van der Waals surface area (Å²) in [5.41, 5.74) is 4.04. The van der Waals surface area contributed by atoms with E-state index in [-0.39, 0.29) is 41.2 Å². The van der Waals surface area contributed by atoms with Gasteiger partial charge in [-0.05, 0) is 12.0 Å². The second-order valence-corrected chi connectivity index (χ2v) is 2.83. The van der Waals surface area contributed by atoms with Gasteiger partial charge in [0.25, 0.3) is 0 Å². The van der Waals surface area contributed by atoms with E-state index < -0.39 is 5.95 Å². The fraction of sp³-hybridized carbons (Fsp3) is 0.375. The molecule has 1 aromatic rings. The number of nitrogens with zero attached hydrogens (tertiary/aromatic N) is 2. The molecule has 0 spiro atoms. The molecule has 1 aromatic heterocycles. The molecule has 0 aliphatic rings. The first-order valence-electron chi connectivity index (χ1n) is 3.72. The molecular weight excluding hydrogens is 180 g/mol. The molecule has 0 bridgehead atoms. The molecule has 66 valence electrons. The molecule has 0 aromatic carbocycles. The van der Waals surface area contributed by atoms with Crippen LogP contribution in [0.25, 0.3) is 5.43 Å². The molecule has 0 radical (unpaired) electrons. The summed E-state index contributed by atoms with van der Waals surface area (Å²) < 4.78 is 12.9. The van der Waals surface area contributed by atoms with Crippen LogP contribution in [0.5, 0.6) is 0 Å². The number of rotatable bonds is 2. The Hall–Kier alpha value is -0.160. The third-order valence-electron chi connectivity index (χ3n) is 1.58. The van der Waals surface area contributed by atoms with Gasteiger partial charge in [0.15, 0.2) is 5.95 Å². The predicted molar refractivity (Wildman–Crippen MR) is 45.5 cm³/mol. The summed E-state index contributed by atoms with van der Waals surface area (Å²) >= 11 is 0. The second kappa shape index (κ2) is 5.54. The minimum absolute atomic E-state index is 0. The zero-order valence-electron chi connectivity index (χ0n) is 8.08. The van der Waals surface area contributed by atoms with Crippen LogP contribution in [0.4, 0.5) is 10.1 Å². The maximum Gasteiger partial charge on any atom is 1.00 e. The summed E-state index contributed by atoms with van der Waals surface area (Å²) in [5, 5.41) is 0. The number of halogens is 1. The third-order valence-corrected chi connectivity index (χ3v) is 1.58. The van der Waals surface area contributed by atoms with Gasteiger partial charge < -0.3 is 11.3 Å². The predicted octanol–water partition coefficient (Wildman–Crippen LogP) is -0.773. The van der Waals surface area contributed by atoms with Gasteiger partial charge in [-0.2, -0.15) is 4.39 Å². The third kappa shape index (κ3) is 3.23. The Morgan fingerprint density at radius 3 is 2.46 bits per heavy atom. The Morgan fingerprint density at radius 2 is 2.08 bits per heavy atom. The fourth-order valence-electron chi connectivity index (χ4n) is 0.859. The van der Waals surface area contributed by atoms with E-state index in [1.54, 1.807) is 6.07 Å². The number of nitrogens with two attached hydrogens (primary N) is 1. The summed E-state index contributed by atoms with van der Waals surface area (Å²) in [6, 6.07) is 3.25. The summed E-state index contributed by atoms with van der Waals surface area (Å²) in [4.78, 5) is 3.70. The van der Waals surface area contributed by atoms with E-state index in [9.17, 15) is 4.39 Å². The van der Waals surface area contributed by atoms with E-state index in [4.69, 9.17) is 5.84 Å². The van der Waals surface area contributed by atoms with Gasteiger partial charge >= 0.3 is 29.6 Å². The topological polar surface area (TPSA) is 53.0 Å². The summed E-state index contributed by atoms with van der Waals surface area (Å²) in [6.07, 6.45) is 0. The van der Waals surface area contributed by atoms with Gasteiger partial charge in [0, 0.05) is 5.69 Å². The van der Waals surface area contributed by atoms with Crippen molar-refractivity contribution >= 4 is 5.69 Å². The molecule has 0 aliphatic carbocycles. The molecule has 0 fully saturated rings. The molecule has 0 unspecified atom stereocenters. The van der Waals surface area contributed by atoms with Crippen LogP contribution in [-0.2, 0) is 0 Å². The van der Waals surface area contributed by atoms with Crippen molar-refractivity contribution in [2.45, 2.75) is 19.8 Å². The maximum absolute atomic E-state index is 12.9. The Kier molecular flexibility index (Phi) is 5.48. The average molecular weight is 191 g/mol. The Labute approximate surface area is 99.2 Å². The summed E-state index contributed by atoms with van der Waals surface area (Å²) in [6.45, 7) is 3.89. The average Bonchev–Trinajstić information content (AvgIpc) is 2.04. The van der Waals surface area contributed by atoms with Crippen molar-refractivity contribution in [3.63, 3.8) is 0 Å². The van der Waals surface area contributed by atoms with Crippen LogP contribution in [-0.4, -0.2) is 4.98 Å². The van der Waals surface area contributed by atoms with Crippen LogP contribution >= 0.6 is 0 Å². The number of hydrogen-bond donors (Lipinski definition) is 1. The SMILES string of the molecule is CC(C)c1ccc([N-]N)c(F)n1.[Na+]. The van der Waals surface area contributed by atoms with Crippen LogP contribution in [0.1, 0.15) is 25.5 Å². The van der Waals surface area contributed by atoms with E-state index >= 15 is 0 Å².